The van der Waals surface area contributed by atoms with Gasteiger partial charge in [0.1, 0.15) is 0 Å². The predicted octanol–water partition coefficient (Wildman–Crippen LogP) is 3.51. The van der Waals surface area contributed by atoms with Crippen molar-refractivity contribution in [2.45, 2.75) is 50.7 Å². The quantitative estimate of drug-likeness (QED) is 0.867. The third-order valence-electron chi connectivity index (χ3n) is 4.03. The highest BCUT2D eigenvalue weighted by Gasteiger charge is 2.32. The molecular weight excluding hydrogens is 210 g/mol. The number of rotatable bonds is 3. The molecule has 2 rings (SSSR count). The van der Waals surface area contributed by atoms with Crippen LogP contribution in [0.3, 0.4) is 0 Å². The summed E-state index contributed by atoms with van der Waals surface area (Å²) >= 11 is 0. The molecule has 0 saturated heterocycles. The van der Waals surface area contributed by atoms with Gasteiger partial charge in [0.05, 0.1) is 6.10 Å². The smallest absolute Gasteiger partial charge is 0.0796 e. The van der Waals surface area contributed by atoms with Crippen molar-refractivity contribution in [3.05, 3.63) is 35.4 Å². The van der Waals surface area contributed by atoms with Crippen LogP contribution in [0, 0.1) is 0 Å². The van der Waals surface area contributed by atoms with Crippen LogP contribution in [0.25, 0.3) is 0 Å². The zero-order chi connectivity index (χ0) is 12.3. The van der Waals surface area contributed by atoms with Crippen LogP contribution in [-0.2, 0) is 10.3 Å². The predicted molar refractivity (Wildman–Crippen MR) is 70.8 cm³/mol. The van der Waals surface area contributed by atoms with Crippen LogP contribution < -0.4 is 5.73 Å². The molecule has 1 aromatic rings. The van der Waals surface area contributed by atoms with E-state index in [2.05, 4.69) is 31.2 Å². The standard InChI is InChI=1S/C15H23NO/c1-12(17-2)13-8-4-5-9-14(13)15(16)10-6-3-7-11-15/h4-5,8-9,12H,3,6-7,10-11,16H2,1-2H3. The molecule has 0 radical (unpaired) electrons. The highest BCUT2D eigenvalue weighted by atomic mass is 16.5. The van der Waals surface area contributed by atoms with Crippen molar-refractivity contribution in [3.63, 3.8) is 0 Å². The zero-order valence-electron chi connectivity index (χ0n) is 10.9. The van der Waals surface area contributed by atoms with Crippen molar-refractivity contribution in [1.82, 2.24) is 0 Å². The van der Waals surface area contributed by atoms with Crippen LogP contribution in [0.2, 0.25) is 0 Å². The fraction of sp³-hybridized carbons (Fsp3) is 0.600. The molecule has 1 fully saturated rings. The molecule has 1 unspecified atom stereocenters. The Morgan fingerprint density at radius 2 is 1.82 bits per heavy atom. The van der Waals surface area contributed by atoms with E-state index in [1.165, 1.54) is 30.4 Å². The second-order valence-electron chi connectivity index (χ2n) is 5.18. The van der Waals surface area contributed by atoms with Crippen molar-refractivity contribution in [3.8, 4) is 0 Å². The van der Waals surface area contributed by atoms with Gasteiger partial charge in [0.2, 0.25) is 0 Å². The molecule has 0 spiro atoms. The summed E-state index contributed by atoms with van der Waals surface area (Å²) in [6, 6.07) is 8.48. The first-order chi connectivity index (χ1) is 8.17. The van der Waals surface area contributed by atoms with Crippen molar-refractivity contribution in [2.24, 2.45) is 5.73 Å². The lowest BCUT2D eigenvalue weighted by Gasteiger charge is -2.36. The number of methoxy groups -OCH3 is 1. The van der Waals surface area contributed by atoms with Gasteiger partial charge >= 0.3 is 0 Å². The summed E-state index contributed by atoms with van der Waals surface area (Å²) < 4.78 is 5.46. The Kier molecular flexibility index (Phi) is 3.85. The van der Waals surface area contributed by atoms with Gasteiger partial charge in [-0.05, 0) is 30.9 Å². The molecule has 0 aliphatic heterocycles. The summed E-state index contributed by atoms with van der Waals surface area (Å²) in [7, 11) is 1.76. The van der Waals surface area contributed by atoms with Crippen LogP contribution in [0.15, 0.2) is 24.3 Å². The van der Waals surface area contributed by atoms with Crippen LogP contribution >= 0.6 is 0 Å². The SMILES string of the molecule is COC(C)c1ccccc1C1(N)CCCCC1. The Morgan fingerprint density at radius 1 is 1.18 bits per heavy atom. The van der Waals surface area contributed by atoms with E-state index in [9.17, 15) is 0 Å². The van der Waals surface area contributed by atoms with Crippen LogP contribution in [0.1, 0.15) is 56.3 Å². The van der Waals surface area contributed by atoms with Gasteiger partial charge < -0.3 is 10.5 Å². The maximum Gasteiger partial charge on any atom is 0.0796 e. The first-order valence-corrected chi connectivity index (χ1v) is 6.58. The second-order valence-corrected chi connectivity index (χ2v) is 5.18. The van der Waals surface area contributed by atoms with E-state index in [1.54, 1.807) is 7.11 Å². The molecular formula is C15H23NO. The molecule has 94 valence electrons. The van der Waals surface area contributed by atoms with Crippen molar-refractivity contribution >= 4 is 0 Å². The minimum Gasteiger partial charge on any atom is -0.377 e. The maximum absolute atomic E-state index is 6.62. The number of nitrogens with two attached hydrogens (primary N) is 1. The fourth-order valence-electron chi connectivity index (χ4n) is 2.88. The van der Waals surface area contributed by atoms with Gasteiger partial charge in [-0.2, -0.15) is 0 Å². The van der Waals surface area contributed by atoms with Gasteiger partial charge in [-0.1, -0.05) is 43.5 Å². The Labute approximate surface area is 104 Å². The molecule has 0 amide bonds. The molecule has 17 heavy (non-hydrogen) atoms. The molecule has 0 bridgehead atoms. The summed E-state index contributed by atoms with van der Waals surface area (Å²) in [6.07, 6.45) is 6.12. The summed E-state index contributed by atoms with van der Waals surface area (Å²) in [6.45, 7) is 2.09. The fourth-order valence-corrected chi connectivity index (χ4v) is 2.88. The van der Waals surface area contributed by atoms with E-state index in [4.69, 9.17) is 10.5 Å². The number of ether oxygens (including phenoxy) is 1. The normalized spacial score (nSPS) is 21.1. The van der Waals surface area contributed by atoms with E-state index >= 15 is 0 Å². The average Bonchev–Trinajstić information content (AvgIpc) is 2.39. The third kappa shape index (κ3) is 2.53. The lowest BCUT2D eigenvalue weighted by atomic mass is 9.75. The van der Waals surface area contributed by atoms with Crippen LogP contribution in [-0.4, -0.2) is 7.11 Å². The second kappa shape index (κ2) is 5.19. The number of benzene rings is 1. The molecule has 0 heterocycles. The lowest BCUT2D eigenvalue weighted by molar-refractivity contribution is 0.116. The molecule has 1 aliphatic rings. The zero-order valence-corrected chi connectivity index (χ0v) is 10.9. The molecule has 0 aromatic heterocycles. The van der Waals surface area contributed by atoms with E-state index < -0.39 is 0 Å². The molecule has 1 atom stereocenters. The molecule has 1 aromatic carbocycles. The topological polar surface area (TPSA) is 35.2 Å². The van der Waals surface area contributed by atoms with E-state index in [1.807, 2.05) is 0 Å². The minimum absolute atomic E-state index is 0.119. The highest BCUT2D eigenvalue weighted by Crippen LogP contribution is 2.38. The highest BCUT2D eigenvalue weighted by molar-refractivity contribution is 5.35. The summed E-state index contributed by atoms with van der Waals surface area (Å²) in [5.41, 5.74) is 9.02. The summed E-state index contributed by atoms with van der Waals surface area (Å²) in [4.78, 5) is 0. The average molecular weight is 233 g/mol. The molecule has 2 N–H and O–H groups in total. The number of hydrogen-bond acceptors (Lipinski definition) is 2. The van der Waals surface area contributed by atoms with E-state index in [-0.39, 0.29) is 11.6 Å². The van der Waals surface area contributed by atoms with E-state index in [0.29, 0.717) is 0 Å². The minimum atomic E-state index is -0.137. The Bertz CT molecular complexity index is 369. The van der Waals surface area contributed by atoms with Gasteiger partial charge in [0.25, 0.3) is 0 Å². The molecule has 2 nitrogen and oxygen atoms in total. The van der Waals surface area contributed by atoms with Gasteiger partial charge in [-0.15, -0.1) is 0 Å². The summed E-state index contributed by atoms with van der Waals surface area (Å²) in [5, 5.41) is 0. The van der Waals surface area contributed by atoms with Gasteiger partial charge in [0, 0.05) is 12.6 Å². The molecule has 2 heteroatoms. The maximum atomic E-state index is 6.62. The van der Waals surface area contributed by atoms with Crippen LogP contribution in [0.5, 0.6) is 0 Å². The first-order valence-electron chi connectivity index (χ1n) is 6.58. The van der Waals surface area contributed by atoms with Crippen molar-refractivity contribution in [2.75, 3.05) is 7.11 Å². The Morgan fingerprint density at radius 3 is 2.47 bits per heavy atom. The van der Waals surface area contributed by atoms with Gasteiger partial charge in [-0.25, -0.2) is 0 Å². The Hall–Kier alpha value is -0.860. The first kappa shape index (κ1) is 12.6. The van der Waals surface area contributed by atoms with Crippen molar-refractivity contribution < 1.29 is 4.74 Å². The monoisotopic (exact) mass is 233 g/mol. The summed E-state index contributed by atoms with van der Waals surface area (Å²) in [5.74, 6) is 0. The van der Waals surface area contributed by atoms with Gasteiger partial charge in [0.15, 0.2) is 0 Å². The molecule has 1 aliphatic carbocycles. The van der Waals surface area contributed by atoms with Gasteiger partial charge in [-0.3, -0.25) is 0 Å². The lowest BCUT2D eigenvalue weighted by Crippen LogP contribution is -2.39. The number of hydrogen-bond donors (Lipinski definition) is 1. The largest absolute Gasteiger partial charge is 0.377 e. The third-order valence-corrected chi connectivity index (χ3v) is 4.03. The van der Waals surface area contributed by atoms with Crippen molar-refractivity contribution in [1.29, 1.82) is 0 Å². The Balaban J connectivity index is 2.36. The van der Waals surface area contributed by atoms with E-state index in [0.717, 1.165) is 12.8 Å². The molecule has 1 saturated carbocycles. The van der Waals surface area contributed by atoms with Crippen LogP contribution in [0.4, 0.5) is 0 Å².